The first-order valence-electron chi connectivity index (χ1n) is 12.2. The molecule has 0 aliphatic rings. The first-order chi connectivity index (χ1) is 17.9. The van der Waals surface area contributed by atoms with Gasteiger partial charge in [-0.3, -0.25) is 14.4 Å². The zero-order valence-corrected chi connectivity index (χ0v) is 21.2. The summed E-state index contributed by atoms with van der Waals surface area (Å²) in [6.45, 7) is 7.31. The van der Waals surface area contributed by atoms with Gasteiger partial charge in [0.05, 0.1) is 25.7 Å². The van der Waals surface area contributed by atoms with Crippen LogP contribution in [0, 0.1) is 5.92 Å². The number of aliphatic hydroxyl groups excluding tert-OH is 1. The van der Waals surface area contributed by atoms with E-state index in [1.807, 2.05) is 6.07 Å². The maximum absolute atomic E-state index is 13.0. The molecule has 10 nitrogen and oxygen atoms in total. The van der Waals surface area contributed by atoms with Crippen LogP contribution in [0.2, 0.25) is 0 Å². The van der Waals surface area contributed by atoms with Crippen molar-refractivity contribution >= 4 is 23.8 Å². The summed E-state index contributed by atoms with van der Waals surface area (Å²) in [5.74, 6) is -3.03. The van der Waals surface area contributed by atoms with Crippen LogP contribution in [0.3, 0.4) is 0 Å². The zero-order valence-electron chi connectivity index (χ0n) is 21.2. The highest BCUT2D eigenvalue weighted by Crippen LogP contribution is 2.11. The number of esters is 2. The van der Waals surface area contributed by atoms with Crippen LogP contribution >= 0.6 is 0 Å². The van der Waals surface area contributed by atoms with Gasteiger partial charge >= 0.3 is 11.9 Å². The topological polar surface area (TPSA) is 140 Å². The molecular weight excluding hydrogens is 480 g/mol. The van der Waals surface area contributed by atoms with Crippen molar-refractivity contribution < 1.29 is 38.5 Å². The molecule has 0 heterocycles. The average molecular weight is 519 g/mol. The van der Waals surface area contributed by atoms with Crippen molar-refractivity contribution in [2.45, 2.75) is 44.8 Å². The Labute approximate surface area is 218 Å². The number of ether oxygens (including phenoxy) is 3. The van der Waals surface area contributed by atoms with Gasteiger partial charge in [-0.15, -0.1) is 13.2 Å². The first-order valence-corrected chi connectivity index (χ1v) is 12.2. The lowest BCUT2D eigenvalue weighted by Gasteiger charge is -2.21. The van der Waals surface area contributed by atoms with E-state index in [0.29, 0.717) is 12.8 Å². The lowest BCUT2D eigenvalue weighted by atomic mass is 9.99. The molecule has 0 aromatic heterocycles. The standard InChI is InChI=1S/C27H38N2O8/c1-3-5-7-13-25(32)36-20-23(27(34)37-19-21-11-8-6-9-12-21)29-26(33)22(10-4-2)18-24(31)28-14-16-35-17-15-30/h3-4,6,8-9,11-12,22-23,30H,1-2,5,7,10,13-20H2,(H,28,31)(H,29,33). The fourth-order valence-corrected chi connectivity index (χ4v) is 3.14. The molecule has 2 atom stereocenters. The van der Waals surface area contributed by atoms with Crippen LogP contribution in [0.15, 0.2) is 55.6 Å². The summed E-state index contributed by atoms with van der Waals surface area (Å²) in [6, 6.07) is 7.76. The predicted octanol–water partition coefficient (Wildman–Crippen LogP) is 1.82. The fraction of sp³-hybridized carbons (Fsp3) is 0.481. The first kappa shape index (κ1) is 31.5. The average Bonchev–Trinajstić information content (AvgIpc) is 2.89. The Hall–Kier alpha value is -3.50. The van der Waals surface area contributed by atoms with Gasteiger partial charge in [0, 0.05) is 19.4 Å². The highest BCUT2D eigenvalue weighted by atomic mass is 16.6. The lowest BCUT2D eigenvalue weighted by molar-refractivity contribution is -0.155. The number of rotatable bonds is 20. The monoisotopic (exact) mass is 518 g/mol. The van der Waals surface area contributed by atoms with E-state index in [1.165, 1.54) is 6.08 Å². The molecule has 1 aromatic carbocycles. The van der Waals surface area contributed by atoms with Crippen LogP contribution in [-0.4, -0.2) is 67.9 Å². The second-order valence-corrected chi connectivity index (χ2v) is 8.13. The Morgan fingerprint density at radius 3 is 2.46 bits per heavy atom. The second-order valence-electron chi connectivity index (χ2n) is 8.13. The van der Waals surface area contributed by atoms with E-state index in [1.54, 1.807) is 30.3 Å². The van der Waals surface area contributed by atoms with Crippen LogP contribution in [0.25, 0.3) is 0 Å². The number of unbranched alkanes of at least 4 members (excludes halogenated alkanes) is 1. The molecule has 1 rings (SSSR count). The Morgan fingerprint density at radius 2 is 1.78 bits per heavy atom. The number of carbonyl (C=O) groups is 4. The number of benzene rings is 1. The van der Waals surface area contributed by atoms with E-state index < -0.39 is 36.4 Å². The molecule has 0 spiro atoms. The van der Waals surface area contributed by atoms with Gasteiger partial charge in [-0.25, -0.2) is 4.79 Å². The van der Waals surface area contributed by atoms with Gasteiger partial charge in [-0.2, -0.15) is 0 Å². The number of aliphatic hydroxyl groups is 1. The van der Waals surface area contributed by atoms with Gasteiger partial charge in [0.1, 0.15) is 13.2 Å². The van der Waals surface area contributed by atoms with Crippen molar-refractivity contribution in [3.8, 4) is 0 Å². The quantitative estimate of drug-likeness (QED) is 0.135. The summed E-state index contributed by atoms with van der Waals surface area (Å²) in [7, 11) is 0. The van der Waals surface area contributed by atoms with E-state index in [0.717, 1.165) is 5.56 Å². The van der Waals surface area contributed by atoms with E-state index in [-0.39, 0.29) is 58.1 Å². The second kappa shape index (κ2) is 19.7. The Kier molecular flexibility index (Phi) is 16.8. The third-order valence-corrected chi connectivity index (χ3v) is 5.08. The van der Waals surface area contributed by atoms with E-state index >= 15 is 0 Å². The third kappa shape index (κ3) is 14.6. The van der Waals surface area contributed by atoms with Gasteiger partial charge in [-0.1, -0.05) is 42.5 Å². The van der Waals surface area contributed by atoms with Crippen LogP contribution in [0.5, 0.6) is 0 Å². The molecule has 2 unspecified atom stereocenters. The van der Waals surface area contributed by atoms with Crippen molar-refractivity contribution in [2.24, 2.45) is 5.92 Å². The largest absolute Gasteiger partial charge is 0.463 e. The summed E-state index contributed by atoms with van der Waals surface area (Å²) in [6.07, 6.45) is 4.58. The third-order valence-electron chi connectivity index (χ3n) is 5.08. The predicted molar refractivity (Wildman–Crippen MR) is 137 cm³/mol. The summed E-state index contributed by atoms with van der Waals surface area (Å²) >= 11 is 0. The number of hydrogen-bond donors (Lipinski definition) is 3. The van der Waals surface area contributed by atoms with Gasteiger partial charge < -0.3 is 30.0 Å². The molecule has 10 heteroatoms. The molecule has 0 aliphatic heterocycles. The Morgan fingerprint density at radius 1 is 1.03 bits per heavy atom. The number of carbonyl (C=O) groups excluding carboxylic acids is 4. The molecule has 37 heavy (non-hydrogen) atoms. The summed E-state index contributed by atoms with van der Waals surface area (Å²) in [5.41, 5.74) is 0.756. The Balaban J connectivity index is 2.76. The molecule has 204 valence electrons. The van der Waals surface area contributed by atoms with E-state index in [4.69, 9.17) is 19.3 Å². The molecule has 0 fully saturated rings. The van der Waals surface area contributed by atoms with Crippen LogP contribution in [-0.2, 0) is 40.0 Å². The van der Waals surface area contributed by atoms with Gasteiger partial charge in [0.2, 0.25) is 11.8 Å². The smallest absolute Gasteiger partial charge is 0.332 e. The maximum atomic E-state index is 13.0. The highest BCUT2D eigenvalue weighted by molar-refractivity contribution is 5.89. The lowest BCUT2D eigenvalue weighted by Crippen LogP contribution is -2.48. The fourth-order valence-electron chi connectivity index (χ4n) is 3.14. The summed E-state index contributed by atoms with van der Waals surface area (Å²) in [5, 5.41) is 13.9. The highest BCUT2D eigenvalue weighted by Gasteiger charge is 2.28. The number of allylic oxidation sites excluding steroid dienone is 2. The number of nitrogens with one attached hydrogen (secondary N) is 2. The molecule has 0 radical (unpaired) electrons. The molecule has 2 amide bonds. The van der Waals surface area contributed by atoms with E-state index in [2.05, 4.69) is 23.8 Å². The number of hydrogen-bond acceptors (Lipinski definition) is 8. The molecular formula is C27H38N2O8. The van der Waals surface area contributed by atoms with Crippen molar-refractivity contribution in [1.82, 2.24) is 10.6 Å². The minimum Gasteiger partial charge on any atom is -0.463 e. The summed E-state index contributed by atoms with van der Waals surface area (Å²) < 4.78 is 15.6. The molecule has 0 saturated heterocycles. The van der Waals surface area contributed by atoms with Crippen molar-refractivity contribution in [3.05, 3.63) is 61.2 Å². The summed E-state index contributed by atoms with van der Waals surface area (Å²) in [4.78, 5) is 50.1. The normalized spacial score (nSPS) is 12.0. The van der Waals surface area contributed by atoms with Crippen LogP contribution in [0.4, 0.5) is 0 Å². The van der Waals surface area contributed by atoms with Crippen molar-refractivity contribution in [2.75, 3.05) is 33.0 Å². The molecule has 0 aliphatic carbocycles. The molecule has 1 aromatic rings. The molecule has 0 bridgehead atoms. The van der Waals surface area contributed by atoms with E-state index in [9.17, 15) is 19.2 Å². The zero-order chi connectivity index (χ0) is 27.3. The van der Waals surface area contributed by atoms with Crippen molar-refractivity contribution in [1.29, 1.82) is 0 Å². The molecule has 0 saturated carbocycles. The van der Waals surface area contributed by atoms with Crippen molar-refractivity contribution in [3.63, 3.8) is 0 Å². The van der Waals surface area contributed by atoms with Gasteiger partial charge in [0.25, 0.3) is 0 Å². The minimum atomic E-state index is -1.25. The SMILES string of the molecule is C=CCCCC(=O)OCC(NC(=O)C(CC=C)CC(=O)NCCOCCO)C(=O)OCc1ccccc1. The Bertz CT molecular complexity index is 859. The van der Waals surface area contributed by atoms with Crippen LogP contribution < -0.4 is 10.6 Å². The van der Waals surface area contributed by atoms with Gasteiger partial charge in [-0.05, 0) is 24.8 Å². The maximum Gasteiger partial charge on any atom is 0.332 e. The number of amides is 2. The molecule has 3 N–H and O–H groups in total. The van der Waals surface area contributed by atoms with Gasteiger partial charge in [0.15, 0.2) is 6.04 Å². The minimum absolute atomic E-state index is 0.0177. The van der Waals surface area contributed by atoms with Crippen LogP contribution in [0.1, 0.15) is 37.7 Å².